The summed E-state index contributed by atoms with van der Waals surface area (Å²) >= 11 is 0. The zero-order chi connectivity index (χ0) is 15.9. The van der Waals surface area contributed by atoms with Gasteiger partial charge >= 0.3 is 0 Å². The van der Waals surface area contributed by atoms with Crippen molar-refractivity contribution < 1.29 is 18.3 Å². The molecule has 0 amide bonds. The van der Waals surface area contributed by atoms with Crippen LogP contribution in [0.2, 0.25) is 0 Å². The summed E-state index contributed by atoms with van der Waals surface area (Å²) < 4.78 is 32.7. The van der Waals surface area contributed by atoms with E-state index in [9.17, 15) is 8.42 Å². The van der Waals surface area contributed by atoms with E-state index in [1.807, 2.05) is 6.92 Å². The molecule has 0 saturated carbocycles. The van der Waals surface area contributed by atoms with Gasteiger partial charge in [-0.3, -0.25) is 0 Å². The molecule has 0 fully saturated rings. The molecule has 1 rings (SSSR count). The maximum atomic E-state index is 12.5. The molecule has 1 aromatic carbocycles. The standard InChI is InChI=1S/C15H25NO4S/c1-4-5-6-7-12(2)16-21(18,19)15-10-13(11-17)8-9-14(15)20-3/h8-10,12,16-17H,4-7,11H2,1-3H3. The van der Waals surface area contributed by atoms with Crippen molar-refractivity contribution in [3.63, 3.8) is 0 Å². The van der Waals surface area contributed by atoms with Crippen molar-refractivity contribution in [3.05, 3.63) is 23.8 Å². The van der Waals surface area contributed by atoms with E-state index in [2.05, 4.69) is 11.6 Å². The highest BCUT2D eigenvalue weighted by atomic mass is 32.2. The van der Waals surface area contributed by atoms with Gasteiger partial charge in [-0.15, -0.1) is 0 Å². The van der Waals surface area contributed by atoms with Gasteiger partial charge in [0.1, 0.15) is 10.6 Å². The third-order valence-electron chi connectivity index (χ3n) is 3.30. The Kier molecular flexibility index (Phi) is 7.14. The number of methoxy groups -OCH3 is 1. The number of rotatable bonds is 9. The molecule has 0 aliphatic heterocycles. The van der Waals surface area contributed by atoms with Crippen LogP contribution in [0.25, 0.3) is 0 Å². The third kappa shape index (κ3) is 5.30. The van der Waals surface area contributed by atoms with Crippen molar-refractivity contribution in [3.8, 4) is 5.75 Å². The van der Waals surface area contributed by atoms with Gasteiger partial charge in [-0.1, -0.05) is 32.3 Å². The zero-order valence-electron chi connectivity index (χ0n) is 12.9. The number of benzene rings is 1. The molecule has 5 nitrogen and oxygen atoms in total. The minimum Gasteiger partial charge on any atom is -0.495 e. The second kappa shape index (κ2) is 8.36. The van der Waals surface area contributed by atoms with E-state index in [0.717, 1.165) is 25.7 Å². The lowest BCUT2D eigenvalue weighted by Crippen LogP contribution is -2.32. The summed E-state index contributed by atoms with van der Waals surface area (Å²) in [5.74, 6) is 0.278. The van der Waals surface area contributed by atoms with Crippen molar-refractivity contribution in [2.24, 2.45) is 0 Å². The molecule has 0 spiro atoms. The summed E-state index contributed by atoms with van der Waals surface area (Å²) in [4.78, 5) is 0.0684. The molecule has 0 aliphatic carbocycles. The van der Waals surface area contributed by atoms with E-state index in [-0.39, 0.29) is 23.3 Å². The van der Waals surface area contributed by atoms with Crippen LogP contribution in [-0.4, -0.2) is 26.7 Å². The number of unbranched alkanes of at least 4 members (excludes halogenated alkanes) is 2. The predicted molar refractivity (Wildman–Crippen MR) is 82.8 cm³/mol. The minimum atomic E-state index is -3.66. The summed E-state index contributed by atoms with van der Waals surface area (Å²) in [6.45, 7) is 3.76. The van der Waals surface area contributed by atoms with Gasteiger partial charge in [0.15, 0.2) is 0 Å². The Bertz CT molecular complexity index is 543. The van der Waals surface area contributed by atoms with Gasteiger partial charge in [-0.05, 0) is 31.0 Å². The van der Waals surface area contributed by atoms with Crippen LogP contribution < -0.4 is 9.46 Å². The molecule has 0 aliphatic rings. The number of hydrogen-bond donors (Lipinski definition) is 2. The molecule has 1 aromatic rings. The summed E-state index contributed by atoms with van der Waals surface area (Å²) in [6, 6.07) is 4.51. The van der Waals surface area contributed by atoms with Crippen LogP contribution in [0.1, 0.15) is 45.1 Å². The Balaban J connectivity index is 2.91. The van der Waals surface area contributed by atoms with Crippen LogP contribution >= 0.6 is 0 Å². The summed E-state index contributed by atoms with van der Waals surface area (Å²) in [5, 5.41) is 9.16. The van der Waals surface area contributed by atoms with Gasteiger partial charge in [0.2, 0.25) is 10.0 Å². The lowest BCUT2D eigenvalue weighted by molar-refractivity contribution is 0.281. The smallest absolute Gasteiger partial charge is 0.244 e. The molecule has 0 saturated heterocycles. The Morgan fingerprint density at radius 1 is 1.33 bits per heavy atom. The predicted octanol–water partition coefficient (Wildman–Crippen LogP) is 2.43. The molecular weight excluding hydrogens is 290 g/mol. The zero-order valence-corrected chi connectivity index (χ0v) is 13.7. The third-order valence-corrected chi connectivity index (χ3v) is 4.91. The monoisotopic (exact) mass is 315 g/mol. The number of ether oxygens (including phenoxy) is 1. The Labute approximate surface area is 127 Å². The molecule has 0 radical (unpaired) electrons. The van der Waals surface area contributed by atoms with E-state index >= 15 is 0 Å². The van der Waals surface area contributed by atoms with Crippen molar-refractivity contribution in [1.29, 1.82) is 0 Å². The molecule has 0 aromatic heterocycles. The maximum Gasteiger partial charge on any atom is 0.244 e. The lowest BCUT2D eigenvalue weighted by atomic mass is 10.1. The topological polar surface area (TPSA) is 75.6 Å². The van der Waals surface area contributed by atoms with E-state index < -0.39 is 10.0 Å². The first kappa shape index (κ1) is 17.9. The van der Waals surface area contributed by atoms with Crippen LogP contribution in [0.3, 0.4) is 0 Å². The summed E-state index contributed by atoms with van der Waals surface area (Å²) in [7, 11) is -2.23. The van der Waals surface area contributed by atoms with E-state index in [0.29, 0.717) is 5.56 Å². The number of nitrogens with one attached hydrogen (secondary N) is 1. The fourth-order valence-corrected chi connectivity index (χ4v) is 3.61. The number of hydrogen-bond acceptors (Lipinski definition) is 4. The van der Waals surface area contributed by atoms with Gasteiger partial charge in [0.25, 0.3) is 0 Å². The number of aliphatic hydroxyl groups excluding tert-OH is 1. The first-order valence-corrected chi connectivity index (χ1v) is 8.73. The van der Waals surface area contributed by atoms with Crippen LogP contribution in [0.4, 0.5) is 0 Å². The van der Waals surface area contributed by atoms with Gasteiger partial charge < -0.3 is 9.84 Å². The fourth-order valence-electron chi connectivity index (χ4n) is 2.12. The first-order chi connectivity index (χ1) is 9.94. The molecule has 6 heteroatoms. The fraction of sp³-hybridized carbons (Fsp3) is 0.600. The van der Waals surface area contributed by atoms with Gasteiger partial charge in [0.05, 0.1) is 13.7 Å². The molecule has 21 heavy (non-hydrogen) atoms. The summed E-state index contributed by atoms with van der Waals surface area (Å²) in [5.41, 5.74) is 0.537. The lowest BCUT2D eigenvalue weighted by Gasteiger charge is -2.16. The highest BCUT2D eigenvalue weighted by molar-refractivity contribution is 7.89. The molecule has 0 bridgehead atoms. The van der Waals surface area contributed by atoms with Gasteiger partial charge in [-0.2, -0.15) is 0 Å². The molecule has 1 unspecified atom stereocenters. The number of sulfonamides is 1. The summed E-state index contributed by atoms with van der Waals surface area (Å²) in [6.07, 6.45) is 3.99. The quantitative estimate of drug-likeness (QED) is 0.686. The average Bonchev–Trinajstić information content (AvgIpc) is 2.46. The van der Waals surface area contributed by atoms with Crippen molar-refractivity contribution >= 4 is 10.0 Å². The second-order valence-electron chi connectivity index (χ2n) is 5.16. The van der Waals surface area contributed by atoms with Crippen molar-refractivity contribution in [1.82, 2.24) is 4.72 Å². The van der Waals surface area contributed by atoms with Crippen molar-refractivity contribution in [2.75, 3.05) is 7.11 Å². The molecule has 0 heterocycles. The highest BCUT2D eigenvalue weighted by Crippen LogP contribution is 2.25. The van der Waals surface area contributed by atoms with Gasteiger partial charge in [0, 0.05) is 6.04 Å². The van der Waals surface area contributed by atoms with Crippen molar-refractivity contribution in [2.45, 2.75) is 57.1 Å². The highest BCUT2D eigenvalue weighted by Gasteiger charge is 2.22. The Morgan fingerprint density at radius 2 is 2.05 bits per heavy atom. The Morgan fingerprint density at radius 3 is 2.62 bits per heavy atom. The maximum absolute atomic E-state index is 12.5. The van der Waals surface area contributed by atoms with Gasteiger partial charge in [-0.25, -0.2) is 13.1 Å². The SMILES string of the molecule is CCCCCC(C)NS(=O)(=O)c1cc(CO)ccc1OC. The Hall–Kier alpha value is -1.11. The van der Waals surface area contributed by atoms with Crippen LogP contribution in [0, 0.1) is 0 Å². The molecular formula is C15H25NO4S. The average molecular weight is 315 g/mol. The van der Waals surface area contributed by atoms with E-state index in [4.69, 9.17) is 9.84 Å². The molecule has 1 atom stereocenters. The number of aliphatic hydroxyl groups is 1. The largest absolute Gasteiger partial charge is 0.495 e. The first-order valence-electron chi connectivity index (χ1n) is 7.24. The van der Waals surface area contributed by atoms with Crippen LogP contribution in [-0.2, 0) is 16.6 Å². The van der Waals surface area contributed by atoms with Crippen LogP contribution in [0.15, 0.2) is 23.1 Å². The normalized spacial score (nSPS) is 13.1. The van der Waals surface area contributed by atoms with E-state index in [1.54, 1.807) is 12.1 Å². The molecule has 2 N–H and O–H groups in total. The van der Waals surface area contributed by atoms with E-state index in [1.165, 1.54) is 13.2 Å². The molecule has 120 valence electrons. The minimum absolute atomic E-state index is 0.0684. The second-order valence-corrected chi connectivity index (χ2v) is 6.84. The van der Waals surface area contributed by atoms with Crippen LogP contribution in [0.5, 0.6) is 5.75 Å².